The summed E-state index contributed by atoms with van der Waals surface area (Å²) in [5.74, 6) is 0.459. The Morgan fingerprint density at radius 3 is 2.31 bits per heavy atom. The van der Waals surface area contributed by atoms with Crippen LogP contribution in [0.3, 0.4) is 0 Å². The van der Waals surface area contributed by atoms with Gasteiger partial charge in [0.15, 0.2) is 0 Å². The maximum absolute atomic E-state index is 5.93. The van der Waals surface area contributed by atoms with Crippen LogP contribution in [0.1, 0.15) is 5.56 Å². The lowest BCUT2D eigenvalue weighted by atomic mass is 10.1. The number of hydrogen-bond acceptors (Lipinski definition) is 3. The summed E-state index contributed by atoms with van der Waals surface area (Å²) < 4.78 is 0. The highest BCUT2D eigenvalue weighted by atomic mass is 35.5. The van der Waals surface area contributed by atoms with E-state index >= 15 is 0 Å². The van der Waals surface area contributed by atoms with Crippen molar-refractivity contribution in [1.29, 1.82) is 0 Å². The molecule has 1 heterocycles. The quantitative estimate of drug-likeness (QED) is 0.849. The standard InChI is InChI=1S/C11H9Cl2N3/c1-6-10(15-5-16-11(6)14)7-2-8(12)4-9(13)3-7/h2-5H,1H3,(H2,14,15,16). The molecule has 0 spiro atoms. The van der Waals surface area contributed by atoms with Crippen molar-refractivity contribution in [2.45, 2.75) is 6.92 Å². The van der Waals surface area contributed by atoms with Gasteiger partial charge in [-0.25, -0.2) is 9.97 Å². The van der Waals surface area contributed by atoms with E-state index in [2.05, 4.69) is 9.97 Å². The zero-order valence-electron chi connectivity index (χ0n) is 8.54. The Kier molecular flexibility index (Phi) is 2.99. The van der Waals surface area contributed by atoms with Crippen LogP contribution < -0.4 is 5.73 Å². The average molecular weight is 254 g/mol. The van der Waals surface area contributed by atoms with E-state index < -0.39 is 0 Å². The normalized spacial score (nSPS) is 10.4. The van der Waals surface area contributed by atoms with Crippen LogP contribution in [-0.2, 0) is 0 Å². The van der Waals surface area contributed by atoms with E-state index in [-0.39, 0.29) is 0 Å². The average Bonchev–Trinajstić information content (AvgIpc) is 2.20. The molecule has 2 N–H and O–H groups in total. The van der Waals surface area contributed by atoms with E-state index in [1.54, 1.807) is 18.2 Å². The van der Waals surface area contributed by atoms with Crippen LogP contribution in [0, 0.1) is 6.92 Å². The van der Waals surface area contributed by atoms with Gasteiger partial charge in [0.05, 0.1) is 5.69 Å². The van der Waals surface area contributed by atoms with Crippen molar-refractivity contribution in [3.05, 3.63) is 40.1 Å². The van der Waals surface area contributed by atoms with Crippen molar-refractivity contribution in [3.63, 3.8) is 0 Å². The second-order valence-corrected chi connectivity index (χ2v) is 4.26. The summed E-state index contributed by atoms with van der Waals surface area (Å²) in [6.45, 7) is 1.86. The number of halogens is 2. The largest absolute Gasteiger partial charge is 0.383 e. The van der Waals surface area contributed by atoms with Crippen molar-refractivity contribution in [3.8, 4) is 11.3 Å². The van der Waals surface area contributed by atoms with Gasteiger partial charge in [-0.3, -0.25) is 0 Å². The molecule has 0 saturated carbocycles. The second kappa shape index (κ2) is 4.28. The van der Waals surface area contributed by atoms with E-state index in [9.17, 15) is 0 Å². The summed E-state index contributed by atoms with van der Waals surface area (Å²) >= 11 is 11.9. The van der Waals surface area contributed by atoms with E-state index in [4.69, 9.17) is 28.9 Å². The Bertz CT molecular complexity index is 520. The van der Waals surface area contributed by atoms with Gasteiger partial charge in [-0.15, -0.1) is 0 Å². The molecule has 0 atom stereocenters. The Balaban J connectivity index is 2.63. The van der Waals surface area contributed by atoms with Gasteiger partial charge in [0, 0.05) is 21.2 Å². The minimum atomic E-state index is 0.459. The molecule has 16 heavy (non-hydrogen) atoms. The van der Waals surface area contributed by atoms with Crippen LogP contribution in [0.4, 0.5) is 5.82 Å². The van der Waals surface area contributed by atoms with E-state index in [0.717, 1.165) is 16.8 Å². The molecule has 0 saturated heterocycles. The molecule has 2 aromatic rings. The number of aromatic nitrogens is 2. The Labute approximate surface area is 103 Å². The predicted molar refractivity (Wildman–Crippen MR) is 66.6 cm³/mol. The molecule has 0 radical (unpaired) electrons. The predicted octanol–water partition coefficient (Wildman–Crippen LogP) is 3.34. The third-order valence-corrected chi connectivity index (χ3v) is 2.70. The van der Waals surface area contributed by atoms with Gasteiger partial charge in [0.2, 0.25) is 0 Å². The van der Waals surface area contributed by atoms with Gasteiger partial charge >= 0.3 is 0 Å². The van der Waals surface area contributed by atoms with Gasteiger partial charge < -0.3 is 5.73 Å². The van der Waals surface area contributed by atoms with Gasteiger partial charge in [-0.1, -0.05) is 23.2 Å². The smallest absolute Gasteiger partial charge is 0.130 e. The van der Waals surface area contributed by atoms with Crippen molar-refractivity contribution in [2.75, 3.05) is 5.73 Å². The van der Waals surface area contributed by atoms with Crippen LogP contribution >= 0.6 is 23.2 Å². The van der Waals surface area contributed by atoms with Crippen molar-refractivity contribution < 1.29 is 0 Å². The highest BCUT2D eigenvalue weighted by Gasteiger charge is 2.08. The lowest BCUT2D eigenvalue weighted by Crippen LogP contribution is -1.98. The lowest BCUT2D eigenvalue weighted by molar-refractivity contribution is 1.14. The number of nitrogens with zero attached hydrogens (tertiary/aromatic N) is 2. The van der Waals surface area contributed by atoms with E-state index in [1.165, 1.54) is 6.33 Å². The number of hydrogen-bond donors (Lipinski definition) is 1. The van der Waals surface area contributed by atoms with Crippen LogP contribution in [0.5, 0.6) is 0 Å². The van der Waals surface area contributed by atoms with Crippen LogP contribution in [0.15, 0.2) is 24.5 Å². The highest BCUT2D eigenvalue weighted by molar-refractivity contribution is 6.35. The zero-order valence-corrected chi connectivity index (χ0v) is 10.0. The molecule has 0 aliphatic carbocycles. The first-order valence-electron chi connectivity index (χ1n) is 4.61. The fourth-order valence-electron chi connectivity index (χ4n) is 1.45. The Hall–Kier alpha value is -1.32. The monoisotopic (exact) mass is 253 g/mol. The van der Waals surface area contributed by atoms with Crippen LogP contribution in [-0.4, -0.2) is 9.97 Å². The van der Waals surface area contributed by atoms with Gasteiger partial charge in [-0.2, -0.15) is 0 Å². The van der Waals surface area contributed by atoms with Gasteiger partial charge in [0.25, 0.3) is 0 Å². The number of nitrogen functional groups attached to an aromatic ring is 1. The van der Waals surface area contributed by atoms with Gasteiger partial charge in [0.1, 0.15) is 12.1 Å². The molecular weight excluding hydrogens is 245 g/mol. The molecule has 82 valence electrons. The summed E-state index contributed by atoms with van der Waals surface area (Å²) in [4.78, 5) is 8.09. The van der Waals surface area contributed by atoms with Crippen molar-refractivity contribution in [2.24, 2.45) is 0 Å². The summed E-state index contributed by atoms with van der Waals surface area (Å²) in [5.41, 5.74) is 8.12. The fraction of sp³-hybridized carbons (Fsp3) is 0.0909. The summed E-state index contributed by atoms with van der Waals surface area (Å²) in [6.07, 6.45) is 1.42. The molecule has 1 aromatic carbocycles. The maximum Gasteiger partial charge on any atom is 0.130 e. The molecule has 0 bridgehead atoms. The molecule has 2 rings (SSSR count). The van der Waals surface area contributed by atoms with Gasteiger partial charge in [-0.05, 0) is 25.1 Å². The number of benzene rings is 1. The molecular formula is C11H9Cl2N3. The number of anilines is 1. The molecule has 0 unspecified atom stereocenters. The minimum absolute atomic E-state index is 0.459. The lowest BCUT2D eigenvalue weighted by Gasteiger charge is -2.07. The van der Waals surface area contributed by atoms with Crippen LogP contribution in [0.2, 0.25) is 10.0 Å². The third-order valence-electron chi connectivity index (χ3n) is 2.26. The highest BCUT2D eigenvalue weighted by Crippen LogP contribution is 2.28. The number of nitrogens with two attached hydrogens (primary N) is 1. The van der Waals surface area contributed by atoms with Crippen molar-refractivity contribution in [1.82, 2.24) is 9.97 Å². The zero-order chi connectivity index (χ0) is 11.7. The van der Waals surface area contributed by atoms with E-state index in [0.29, 0.717) is 15.9 Å². The summed E-state index contributed by atoms with van der Waals surface area (Å²) in [7, 11) is 0. The first kappa shape index (κ1) is 11.2. The Morgan fingerprint density at radius 1 is 1.06 bits per heavy atom. The molecule has 0 aliphatic heterocycles. The molecule has 3 nitrogen and oxygen atoms in total. The third kappa shape index (κ3) is 2.10. The fourth-order valence-corrected chi connectivity index (χ4v) is 1.97. The molecule has 0 aliphatic rings. The topological polar surface area (TPSA) is 51.8 Å². The second-order valence-electron chi connectivity index (χ2n) is 3.39. The molecule has 5 heteroatoms. The molecule has 1 aromatic heterocycles. The molecule has 0 fully saturated rings. The summed E-state index contributed by atoms with van der Waals surface area (Å²) in [6, 6.07) is 5.26. The first-order chi connectivity index (χ1) is 7.58. The Morgan fingerprint density at radius 2 is 1.69 bits per heavy atom. The molecule has 0 amide bonds. The minimum Gasteiger partial charge on any atom is -0.383 e. The first-order valence-corrected chi connectivity index (χ1v) is 5.37. The van der Waals surface area contributed by atoms with Crippen LogP contribution in [0.25, 0.3) is 11.3 Å². The van der Waals surface area contributed by atoms with Crippen molar-refractivity contribution >= 4 is 29.0 Å². The SMILES string of the molecule is Cc1c(N)ncnc1-c1cc(Cl)cc(Cl)c1. The maximum atomic E-state index is 5.93. The number of rotatable bonds is 1. The van der Waals surface area contributed by atoms with E-state index in [1.807, 2.05) is 6.92 Å². The summed E-state index contributed by atoms with van der Waals surface area (Å²) in [5, 5.41) is 1.14.